The zero-order valence-electron chi connectivity index (χ0n) is 11.2. The van der Waals surface area contributed by atoms with E-state index in [-0.39, 0.29) is 11.5 Å². The van der Waals surface area contributed by atoms with Crippen LogP contribution in [-0.4, -0.2) is 29.3 Å². The van der Waals surface area contributed by atoms with Crippen LogP contribution in [0.3, 0.4) is 0 Å². The van der Waals surface area contributed by atoms with Crippen molar-refractivity contribution in [3.05, 3.63) is 23.3 Å². The molecule has 0 saturated heterocycles. The number of benzene rings is 1. The van der Waals surface area contributed by atoms with Gasteiger partial charge in [-0.3, -0.25) is 0 Å². The molecule has 1 aliphatic rings. The van der Waals surface area contributed by atoms with E-state index in [9.17, 15) is 16.8 Å². The third-order valence-electron chi connectivity index (χ3n) is 2.89. The summed E-state index contributed by atoms with van der Waals surface area (Å²) in [6.07, 6.45) is 5.45. The van der Waals surface area contributed by atoms with E-state index in [1.54, 1.807) is 12.1 Å². The lowest BCUT2D eigenvalue weighted by atomic mass is 9.91. The van der Waals surface area contributed by atoms with Crippen LogP contribution >= 0.6 is 0 Å². The third-order valence-corrected chi connectivity index (χ3v) is 3.86. The summed E-state index contributed by atoms with van der Waals surface area (Å²) in [4.78, 5) is 0. The maximum atomic E-state index is 11.3. The lowest BCUT2D eigenvalue weighted by molar-refractivity contribution is 0.453. The van der Waals surface area contributed by atoms with E-state index in [0.29, 0.717) is 0 Å². The Morgan fingerprint density at radius 3 is 1.45 bits per heavy atom. The smallest absolute Gasteiger partial charge is 0.306 e. The molecule has 0 saturated carbocycles. The highest BCUT2D eigenvalue weighted by Gasteiger charge is 2.20. The van der Waals surface area contributed by atoms with Gasteiger partial charge in [-0.1, -0.05) is 0 Å². The molecule has 2 rings (SSSR count). The normalized spacial score (nSPS) is 15.5. The predicted molar refractivity (Wildman–Crippen MR) is 74.0 cm³/mol. The Hall–Kier alpha value is -1.28. The number of hydrogen-bond donors (Lipinski definition) is 0. The zero-order valence-corrected chi connectivity index (χ0v) is 12.9. The van der Waals surface area contributed by atoms with Crippen LogP contribution in [0.25, 0.3) is 0 Å². The lowest BCUT2D eigenvalue weighted by Gasteiger charge is -2.18. The van der Waals surface area contributed by atoms with Gasteiger partial charge in [0.15, 0.2) is 11.5 Å². The standard InChI is InChI=1S/C12H16O6S2/c1-19(13,14)17-11-7-9-5-3-4-6-10(9)8-12(11)18-20(2,15)16/h7-8H,3-6H2,1-2H3. The summed E-state index contributed by atoms with van der Waals surface area (Å²) in [6, 6.07) is 3.10. The molecule has 0 spiro atoms. The molecule has 20 heavy (non-hydrogen) atoms. The van der Waals surface area contributed by atoms with E-state index in [1.165, 1.54) is 0 Å². The van der Waals surface area contributed by atoms with Gasteiger partial charge < -0.3 is 8.37 Å². The summed E-state index contributed by atoms with van der Waals surface area (Å²) < 4.78 is 54.7. The van der Waals surface area contributed by atoms with Crippen LogP contribution < -0.4 is 8.37 Å². The largest absolute Gasteiger partial charge is 0.379 e. The van der Waals surface area contributed by atoms with Crippen LogP contribution in [0.1, 0.15) is 24.0 Å². The molecule has 0 radical (unpaired) electrons. The van der Waals surface area contributed by atoms with Gasteiger partial charge in [-0.2, -0.15) is 16.8 Å². The van der Waals surface area contributed by atoms with Gasteiger partial charge in [-0.25, -0.2) is 0 Å². The van der Waals surface area contributed by atoms with Crippen LogP contribution in [0.15, 0.2) is 12.1 Å². The number of aryl methyl sites for hydroxylation is 2. The van der Waals surface area contributed by atoms with Crippen molar-refractivity contribution in [3.8, 4) is 11.5 Å². The Morgan fingerprint density at radius 1 is 0.800 bits per heavy atom. The minimum absolute atomic E-state index is 0.0847. The van der Waals surface area contributed by atoms with E-state index in [0.717, 1.165) is 49.3 Å². The maximum Gasteiger partial charge on any atom is 0.306 e. The minimum Gasteiger partial charge on any atom is -0.379 e. The van der Waals surface area contributed by atoms with Crippen molar-refractivity contribution in [3.63, 3.8) is 0 Å². The Balaban J connectivity index is 2.50. The molecule has 0 aromatic heterocycles. The van der Waals surface area contributed by atoms with Gasteiger partial charge in [-0.15, -0.1) is 0 Å². The Bertz CT molecular complexity index is 656. The molecule has 1 aromatic carbocycles. The van der Waals surface area contributed by atoms with Crippen molar-refractivity contribution in [1.29, 1.82) is 0 Å². The fourth-order valence-corrected chi connectivity index (χ4v) is 3.11. The van der Waals surface area contributed by atoms with Crippen molar-refractivity contribution in [2.75, 3.05) is 12.5 Å². The topological polar surface area (TPSA) is 86.7 Å². The zero-order chi connectivity index (χ0) is 15.0. The summed E-state index contributed by atoms with van der Waals surface area (Å²) in [6.45, 7) is 0. The fraction of sp³-hybridized carbons (Fsp3) is 0.500. The monoisotopic (exact) mass is 320 g/mol. The Labute approximate surface area is 119 Å². The highest BCUT2D eigenvalue weighted by atomic mass is 32.2. The molecule has 0 aliphatic heterocycles. The Morgan fingerprint density at radius 2 is 1.15 bits per heavy atom. The van der Waals surface area contributed by atoms with E-state index >= 15 is 0 Å². The Kier molecular flexibility index (Phi) is 3.97. The van der Waals surface area contributed by atoms with E-state index in [1.807, 2.05) is 0 Å². The van der Waals surface area contributed by atoms with Gasteiger partial charge in [-0.05, 0) is 48.9 Å². The first-order valence-electron chi connectivity index (χ1n) is 6.09. The van der Waals surface area contributed by atoms with Crippen LogP contribution in [-0.2, 0) is 33.1 Å². The van der Waals surface area contributed by atoms with Crippen LogP contribution in [0, 0.1) is 0 Å². The first-order valence-corrected chi connectivity index (χ1v) is 9.72. The van der Waals surface area contributed by atoms with Gasteiger partial charge >= 0.3 is 20.2 Å². The molecule has 0 unspecified atom stereocenters. The summed E-state index contributed by atoms with van der Waals surface area (Å²) in [5.74, 6) is -0.169. The molecule has 0 heterocycles. The van der Waals surface area contributed by atoms with Crippen molar-refractivity contribution < 1.29 is 25.2 Å². The van der Waals surface area contributed by atoms with Gasteiger partial charge in [0.25, 0.3) is 0 Å². The molecule has 0 fully saturated rings. The molecular formula is C12H16O6S2. The van der Waals surface area contributed by atoms with Crippen molar-refractivity contribution in [2.24, 2.45) is 0 Å². The molecule has 0 atom stereocenters. The maximum absolute atomic E-state index is 11.3. The SMILES string of the molecule is CS(=O)(=O)Oc1cc2c(cc1OS(C)(=O)=O)CCCC2. The molecule has 8 heteroatoms. The van der Waals surface area contributed by atoms with Gasteiger partial charge in [0.1, 0.15) is 0 Å². The first kappa shape index (κ1) is 15.1. The quantitative estimate of drug-likeness (QED) is 0.776. The lowest BCUT2D eigenvalue weighted by Crippen LogP contribution is -2.12. The second-order valence-corrected chi connectivity index (χ2v) is 8.00. The third kappa shape index (κ3) is 4.11. The summed E-state index contributed by atoms with van der Waals surface area (Å²) >= 11 is 0. The first-order chi connectivity index (χ1) is 9.14. The molecule has 6 nitrogen and oxygen atoms in total. The average molecular weight is 320 g/mol. The fourth-order valence-electron chi connectivity index (χ4n) is 2.20. The second-order valence-electron chi connectivity index (χ2n) is 4.85. The van der Waals surface area contributed by atoms with Crippen molar-refractivity contribution in [2.45, 2.75) is 25.7 Å². The highest BCUT2D eigenvalue weighted by molar-refractivity contribution is 7.86. The van der Waals surface area contributed by atoms with E-state index in [2.05, 4.69) is 0 Å². The van der Waals surface area contributed by atoms with Crippen LogP contribution in [0.4, 0.5) is 0 Å². The molecule has 0 amide bonds. The number of rotatable bonds is 4. The molecule has 112 valence electrons. The van der Waals surface area contributed by atoms with E-state index < -0.39 is 20.2 Å². The number of fused-ring (bicyclic) bond motifs is 1. The summed E-state index contributed by atoms with van der Waals surface area (Å²) in [7, 11) is -7.51. The molecule has 0 bridgehead atoms. The van der Waals surface area contributed by atoms with Gasteiger partial charge in [0.2, 0.25) is 0 Å². The van der Waals surface area contributed by atoms with Crippen molar-refractivity contribution in [1.82, 2.24) is 0 Å². The predicted octanol–water partition coefficient (Wildman–Crippen LogP) is 1.24. The molecule has 0 N–H and O–H groups in total. The van der Waals surface area contributed by atoms with Gasteiger partial charge in [0, 0.05) is 0 Å². The number of hydrogen-bond acceptors (Lipinski definition) is 6. The summed E-state index contributed by atoms with van der Waals surface area (Å²) in [5.41, 5.74) is 1.94. The van der Waals surface area contributed by atoms with E-state index in [4.69, 9.17) is 8.37 Å². The molecular weight excluding hydrogens is 304 g/mol. The average Bonchev–Trinajstić information content (AvgIpc) is 2.26. The van der Waals surface area contributed by atoms with Crippen molar-refractivity contribution >= 4 is 20.2 Å². The van der Waals surface area contributed by atoms with Crippen LogP contribution in [0.5, 0.6) is 11.5 Å². The molecule has 1 aliphatic carbocycles. The minimum atomic E-state index is -3.76. The molecule has 1 aromatic rings. The second kappa shape index (κ2) is 5.25. The van der Waals surface area contributed by atoms with Crippen LogP contribution in [0.2, 0.25) is 0 Å². The highest BCUT2D eigenvalue weighted by Crippen LogP contribution is 2.35. The van der Waals surface area contributed by atoms with Gasteiger partial charge in [0.05, 0.1) is 12.5 Å². The summed E-state index contributed by atoms with van der Waals surface area (Å²) in [5, 5.41) is 0.